The molecule has 0 saturated carbocycles. The summed E-state index contributed by atoms with van der Waals surface area (Å²) in [6.07, 6.45) is 3.16. The first-order valence-electron chi connectivity index (χ1n) is 8.51. The van der Waals surface area contributed by atoms with Crippen molar-refractivity contribution in [2.24, 2.45) is 13.0 Å². The van der Waals surface area contributed by atoms with Gasteiger partial charge in [-0.05, 0) is 32.8 Å². The van der Waals surface area contributed by atoms with Gasteiger partial charge in [-0.1, -0.05) is 0 Å². The van der Waals surface area contributed by atoms with Crippen molar-refractivity contribution < 1.29 is 14.3 Å². The molecule has 0 spiro atoms. The summed E-state index contributed by atoms with van der Waals surface area (Å²) in [5, 5.41) is 8.10. The van der Waals surface area contributed by atoms with Crippen molar-refractivity contribution >= 4 is 28.7 Å². The van der Waals surface area contributed by atoms with Crippen LogP contribution in [0.5, 0.6) is 0 Å². The zero-order chi connectivity index (χ0) is 18.0. The number of urea groups is 1. The molecule has 0 radical (unpaired) electrons. The summed E-state index contributed by atoms with van der Waals surface area (Å²) in [6.45, 7) is 5.06. The number of esters is 1. The molecule has 1 unspecified atom stereocenters. The van der Waals surface area contributed by atoms with E-state index in [9.17, 15) is 9.59 Å². The SMILES string of the molecule is CCOC(=O)C1CCCN(C(=O)Nc2cnc3c(c2)c(C)nn3C)C1. The lowest BCUT2D eigenvalue weighted by Crippen LogP contribution is -2.44. The lowest BCUT2D eigenvalue weighted by molar-refractivity contribution is -0.149. The maximum Gasteiger partial charge on any atom is 0.321 e. The largest absolute Gasteiger partial charge is 0.466 e. The van der Waals surface area contributed by atoms with Crippen LogP contribution in [0.15, 0.2) is 12.3 Å². The van der Waals surface area contributed by atoms with Crippen LogP contribution in [0.4, 0.5) is 10.5 Å². The maximum absolute atomic E-state index is 12.5. The number of nitrogens with zero attached hydrogens (tertiary/aromatic N) is 4. The number of aryl methyl sites for hydroxylation is 2. The molecular formula is C17H23N5O3. The number of likely N-dealkylation sites (tertiary alicyclic amines) is 1. The van der Waals surface area contributed by atoms with Crippen LogP contribution < -0.4 is 5.32 Å². The number of nitrogens with one attached hydrogen (secondary N) is 1. The summed E-state index contributed by atoms with van der Waals surface area (Å²) in [5.41, 5.74) is 2.25. The van der Waals surface area contributed by atoms with Gasteiger partial charge in [-0.25, -0.2) is 9.78 Å². The number of aromatic nitrogens is 3. The van der Waals surface area contributed by atoms with Crippen molar-refractivity contribution in [3.05, 3.63) is 18.0 Å². The fourth-order valence-electron chi connectivity index (χ4n) is 3.19. The molecule has 25 heavy (non-hydrogen) atoms. The van der Waals surface area contributed by atoms with E-state index in [1.807, 2.05) is 20.0 Å². The van der Waals surface area contributed by atoms with Gasteiger partial charge < -0.3 is 15.0 Å². The minimum absolute atomic E-state index is 0.225. The molecule has 8 nitrogen and oxygen atoms in total. The van der Waals surface area contributed by atoms with E-state index < -0.39 is 0 Å². The van der Waals surface area contributed by atoms with Crippen molar-refractivity contribution in [3.63, 3.8) is 0 Å². The summed E-state index contributed by atoms with van der Waals surface area (Å²) in [7, 11) is 1.84. The van der Waals surface area contributed by atoms with Gasteiger partial charge >= 0.3 is 12.0 Å². The molecule has 1 N–H and O–H groups in total. The molecule has 134 valence electrons. The number of anilines is 1. The summed E-state index contributed by atoms with van der Waals surface area (Å²) in [6, 6.07) is 1.65. The number of fused-ring (bicyclic) bond motifs is 1. The molecule has 1 atom stereocenters. The molecule has 1 aliphatic rings. The Morgan fingerprint density at radius 2 is 2.24 bits per heavy atom. The monoisotopic (exact) mass is 345 g/mol. The Morgan fingerprint density at radius 1 is 1.44 bits per heavy atom. The van der Waals surface area contributed by atoms with E-state index >= 15 is 0 Å². The quantitative estimate of drug-likeness (QED) is 0.860. The summed E-state index contributed by atoms with van der Waals surface area (Å²) >= 11 is 0. The Balaban J connectivity index is 1.69. The van der Waals surface area contributed by atoms with Gasteiger partial charge in [0.2, 0.25) is 0 Å². The predicted molar refractivity (Wildman–Crippen MR) is 93.2 cm³/mol. The van der Waals surface area contributed by atoms with Crippen LogP contribution in [0.1, 0.15) is 25.5 Å². The van der Waals surface area contributed by atoms with E-state index in [-0.39, 0.29) is 17.9 Å². The molecular weight excluding hydrogens is 322 g/mol. The second-order valence-electron chi connectivity index (χ2n) is 6.27. The molecule has 1 fully saturated rings. The molecule has 1 aliphatic heterocycles. The Labute approximate surface area is 146 Å². The predicted octanol–water partition coefficient (Wildman–Crippen LogP) is 2.08. The van der Waals surface area contributed by atoms with Crippen LogP contribution >= 0.6 is 0 Å². The summed E-state index contributed by atoms with van der Waals surface area (Å²) in [4.78, 5) is 30.5. The van der Waals surface area contributed by atoms with Crippen LogP contribution in [0.2, 0.25) is 0 Å². The number of carbonyl (C=O) groups excluding carboxylic acids is 2. The zero-order valence-corrected chi connectivity index (χ0v) is 14.8. The average molecular weight is 345 g/mol. The molecule has 2 aromatic heterocycles. The molecule has 8 heteroatoms. The van der Waals surface area contributed by atoms with Crippen molar-refractivity contribution in [3.8, 4) is 0 Å². The van der Waals surface area contributed by atoms with Gasteiger partial charge in [-0.3, -0.25) is 9.48 Å². The van der Waals surface area contributed by atoms with Gasteiger partial charge in [0.1, 0.15) is 0 Å². The number of ether oxygens (including phenoxy) is 1. The van der Waals surface area contributed by atoms with Crippen molar-refractivity contribution in [2.75, 3.05) is 25.0 Å². The molecule has 2 aromatic rings. The second kappa shape index (κ2) is 7.08. The van der Waals surface area contributed by atoms with Crippen molar-refractivity contribution in [2.45, 2.75) is 26.7 Å². The number of amides is 2. The fourth-order valence-corrected chi connectivity index (χ4v) is 3.19. The van der Waals surface area contributed by atoms with E-state index in [0.717, 1.165) is 29.6 Å². The maximum atomic E-state index is 12.5. The second-order valence-corrected chi connectivity index (χ2v) is 6.27. The third-order valence-corrected chi connectivity index (χ3v) is 4.44. The van der Waals surface area contributed by atoms with E-state index in [2.05, 4.69) is 15.4 Å². The standard InChI is InChI=1S/C17H23N5O3/c1-4-25-16(23)12-6-5-7-22(10-12)17(24)19-13-8-14-11(2)20-21(3)15(14)18-9-13/h8-9,12H,4-7,10H2,1-3H3,(H,19,24). The van der Waals surface area contributed by atoms with Gasteiger partial charge in [0.15, 0.2) is 5.65 Å². The van der Waals surface area contributed by atoms with E-state index in [1.54, 1.807) is 22.7 Å². The minimum atomic E-state index is -0.249. The Hall–Kier alpha value is -2.64. The number of rotatable bonds is 3. The fraction of sp³-hybridized carbons (Fsp3) is 0.529. The van der Waals surface area contributed by atoms with Crippen LogP contribution in [0, 0.1) is 12.8 Å². The third-order valence-electron chi connectivity index (χ3n) is 4.44. The Morgan fingerprint density at radius 3 is 3.00 bits per heavy atom. The van der Waals surface area contributed by atoms with Gasteiger partial charge in [0, 0.05) is 25.5 Å². The number of pyridine rings is 1. The first-order chi connectivity index (χ1) is 12.0. The van der Waals surface area contributed by atoms with E-state index in [1.165, 1.54) is 0 Å². The van der Waals surface area contributed by atoms with Gasteiger partial charge in [-0.15, -0.1) is 0 Å². The van der Waals surface area contributed by atoms with Gasteiger partial charge in [0.25, 0.3) is 0 Å². The third kappa shape index (κ3) is 3.57. The molecule has 2 amide bonds. The number of piperidine rings is 1. The highest BCUT2D eigenvalue weighted by Gasteiger charge is 2.29. The topological polar surface area (TPSA) is 89.3 Å². The van der Waals surface area contributed by atoms with Gasteiger partial charge in [0.05, 0.1) is 30.1 Å². The van der Waals surface area contributed by atoms with Crippen molar-refractivity contribution in [1.29, 1.82) is 0 Å². The first kappa shape index (κ1) is 17.2. The molecule has 0 aromatic carbocycles. The molecule has 0 aliphatic carbocycles. The first-order valence-corrected chi connectivity index (χ1v) is 8.51. The normalized spacial score (nSPS) is 17.6. The lowest BCUT2D eigenvalue weighted by Gasteiger charge is -2.31. The summed E-state index contributed by atoms with van der Waals surface area (Å²) < 4.78 is 6.79. The van der Waals surface area contributed by atoms with Crippen LogP contribution in [-0.4, -0.2) is 51.4 Å². The van der Waals surface area contributed by atoms with Crippen LogP contribution in [0.3, 0.4) is 0 Å². The number of hydrogen-bond donors (Lipinski definition) is 1. The Kier molecular flexibility index (Phi) is 4.87. The van der Waals surface area contributed by atoms with Crippen molar-refractivity contribution in [1.82, 2.24) is 19.7 Å². The zero-order valence-electron chi connectivity index (χ0n) is 14.8. The Bertz CT molecular complexity index is 801. The molecule has 3 rings (SSSR count). The highest BCUT2D eigenvalue weighted by atomic mass is 16.5. The molecule has 0 bridgehead atoms. The lowest BCUT2D eigenvalue weighted by atomic mass is 9.98. The smallest absolute Gasteiger partial charge is 0.321 e. The number of carbonyl (C=O) groups is 2. The molecule has 3 heterocycles. The van der Waals surface area contributed by atoms with Crippen LogP contribution in [0.25, 0.3) is 11.0 Å². The highest BCUT2D eigenvalue weighted by Crippen LogP contribution is 2.21. The van der Waals surface area contributed by atoms with E-state index in [4.69, 9.17) is 4.74 Å². The minimum Gasteiger partial charge on any atom is -0.466 e. The summed E-state index contributed by atoms with van der Waals surface area (Å²) in [5.74, 6) is -0.477. The number of hydrogen-bond acceptors (Lipinski definition) is 5. The highest BCUT2D eigenvalue weighted by molar-refractivity contribution is 5.92. The molecule has 1 saturated heterocycles. The van der Waals surface area contributed by atoms with Crippen LogP contribution in [-0.2, 0) is 16.6 Å². The van der Waals surface area contributed by atoms with Gasteiger partial charge in [-0.2, -0.15) is 5.10 Å². The van der Waals surface area contributed by atoms with E-state index in [0.29, 0.717) is 25.4 Å². The average Bonchev–Trinajstić information content (AvgIpc) is 2.89.